The van der Waals surface area contributed by atoms with Crippen molar-refractivity contribution in [1.82, 2.24) is 15.0 Å². The van der Waals surface area contributed by atoms with Crippen LogP contribution in [0.2, 0.25) is 0 Å². The van der Waals surface area contributed by atoms with Crippen LogP contribution in [-0.2, 0) is 16.7 Å². The van der Waals surface area contributed by atoms with Crippen LogP contribution in [0.5, 0.6) is 5.88 Å². The van der Waals surface area contributed by atoms with E-state index in [0.717, 1.165) is 33.4 Å². The summed E-state index contributed by atoms with van der Waals surface area (Å²) >= 11 is 0. The summed E-state index contributed by atoms with van der Waals surface area (Å²) in [5, 5.41) is 1.81. The van der Waals surface area contributed by atoms with E-state index in [9.17, 15) is 4.79 Å². The molecule has 0 aromatic carbocycles. The molecule has 31 heavy (non-hydrogen) atoms. The Hall–Kier alpha value is -3.06. The SMILES string of the molecule is CCOc1ncc(C(C)(C)N)c2cc(Cc3ccc4c(n3)[C@@H](C)[C@H](C)OC4=O)ncc12. The van der Waals surface area contributed by atoms with E-state index in [0.29, 0.717) is 24.5 Å². The molecule has 0 bridgehead atoms. The monoisotopic (exact) mass is 420 g/mol. The molecule has 4 rings (SSSR count). The average molecular weight is 421 g/mol. The van der Waals surface area contributed by atoms with Crippen molar-refractivity contribution in [3.05, 3.63) is 58.8 Å². The molecule has 4 heterocycles. The number of rotatable bonds is 5. The first kappa shape index (κ1) is 21.2. The molecular formula is C24H28N4O3. The van der Waals surface area contributed by atoms with E-state index in [1.807, 2.05) is 46.8 Å². The molecular weight excluding hydrogens is 392 g/mol. The van der Waals surface area contributed by atoms with Crippen LogP contribution >= 0.6 is 0 Å². The minimum Gasteiger partial charge on any atom is -0.477 e. The van der Waals surface area contributed by atoms with E-state index in [1.165, 1.54) is 0 Å². The Bertz CT molecular complexity index is 1150. The van der Waals surface area contributed by atoms with E-state index in [2.05, 4.69) is 9.97 Å². The Morgan fingerprint density at radius 1 is 1.13 bits per heavy atom. The third-order valence-electron chi connectivity index (χ3n) is 5.76. The zero-order valence-electron chi connectivity index (χ0n) is 18.6. The Kier molecular flexibility index (Phi) is 5.39. The van der Waals surface area contributed by atoms with Gasteiger partial charge in [0.25, 0.3) is 0 Å². The average Bonchev–Trinajstić information content (AvgIpc) is 2.71. The predicted octanol–water partition coefficient (Wildman–Crippen LogP) is 3.87. The Morgan fingerprint density at radius 2 is 1.90 bits per heavy atom. The second kappa shape index (κ2) is 7.89. The number of cyclic esters (lactones) is 1. The number of ether oxygens (including phenoxy) is 2. The van der Waals surface area contributed by atoms with Crippen LogP contribution in [0.3, 0.4) is 0 Å². The van der Waals surface area contributed by atoms with E-state index in [1.54, 1.807) is 18.5 Å². The maximum absolute atomic E-state index is 12.2. The molecule has 2 N–H and O–H groups in total. The van der Waals surface area contributed by atoms with E-state index >= 15 is 0 Å². The fraction of sp³-hybridized carbons (Fsp3) is 0.417. The Labute approximate surface area is 182 Å². The maximum Gasteiger partial charge on any atom is 0.340 e. The number of hydrogen-bond acceptors (Lipinski definition) is 7. The van der Waals surface area contributed by atoms with Crippen molar-refractivity contribution in [2.75, 3.05) is 6.61 Å². The smallest absolute Gasteiger partial charge is 0.340 e. The molecule has 3 aromatic rings. The number of esters is 1. The molecule has 162 valence electrons. The highest BCUT2D eigenvalue weighted by Gasteiger charge is 2.31. The third kappa shape index (κ3) is 3.97. The lowest BCUT2D eigenvalue weighted by Gasteiger charge is -2.27. The lowest BCUT2D eigenvalue weighted by molar-refractivity contribution is 0.0234. The van der Waals surface area contributed by atoms with Crippen molar-refractivity contribution in [2.24, 2.45) is 5.73 Å². The second-order valence-electron chi connectivity index (χ2n) is 8.66. The molecule has 0 saturated heterocycles. The standard InChI is InChI=1S/C24H28N4O3/c1-6-30-22-19-11-26-16(10-18(19)20(12-27-22)24(4,5)25)9-15-7-8-17-21(28-15)13(2)14(3)31-23(17)29/h7-8,10-14H,6,9,25H2,1-5H3/t13-,14-/m0/s1. The molecule has 7 heteroatoms. The van der Waals surface area contributed by atoms with Crippen LogP contribution in [0.4, 0.5) is 0 Å². The zero-order chi connectivity index (χ0) is 22.3. The second-order valence-corrected chi connectivity index (χ2v) is 8.66. The van der Waals surface area contributed by atoms with Crippen molar-refractivity contribution >= 4 is 16.7 Å². The normalized spacial score (nSPS) is 18.6. The third-order valence-corrected chi connectivity index (χ3v) is 5.76. The first-order valence-corrected chi connectivity index (χ1v) is 10.6. The number of fused-ring (bicyclic) bond motifs is 2. The van der Waals surface area contributed by atoms with Gasteiger partial charge in [-0.1, -0.05) is 6.92 Å². The van der Waals surface area contributed by atoms with Crippen molar-refractivity contribution in [2.45, 2.75) is 58.6 Å². The van der Waals surface area contributed by atoms with Gasteiger partial charge in [0.05, 0.1) is 23.3 Å². The van der Waals surface area contributed by atoms with Gasteiger partial charge in [-0.15, -0.1) is 0 Å². The highest BCUT2D eigenvalue weighted by Crippen LogP contribution is 2.33. The molecule has 0 radical (unpaired) electrons. The van der Waals surface area contributed by atoms with Crippen molar-refractivity contribution < 1.29 is 14.3 Å². The number of nitrogens with zero attached hydrogens (tertiary/aromatic N) is 3. The minimum absolute atomic E-state index is 0.0432. The zero-order valence-corrected chi connectivity index (χ0v) is 18.6. The van der Waals surface area contributed by atoms with Crippen molar-refractivity contribution in [3.63, 3.8) is 0 Å². The van der Waals surface area contributed by atoms with Gasteiger partial charge in [0.1, 0.15) is 6.10 Å². The summed E-state index contributed by atoms with van der Waals surface area (Å²) in [5.74, 6) is 0.286. The van der Waals surface area contributed by atoms with Gasteiger partial charge in [0.15, 0.2) is 0 Å². The van der Waals surface area contributed by atoms with Gasteiger partial charge in [-0.25, -0.2) is 9.78 Å². The highest BCUT2D eigenvalue weighted by atomic mass is 16.5. The van der Waals surface area contributed by atoms with Gasteiger partial charge in [0, 0.05) is 41.7 Å². The summed E-state index contributed by atoms with van der Waals surface area (Å²) < 4.78 is 11.1. The van der Waals surface area contributed by atoms with Gasteiger partial charge in [0.2, 0.25) is 5.88 Å². The molecule has 0 aliphatic carbocycles. The first-order valence-electron chi connectivity index (χ1n) is 10.6. The van der Waals surface area contributed by atoms with Crippen molar-refractivity contribution in [3.8, 4) is 5.88 Å². The van der Waals surface area contributed by atoms with E-state index < -0.39 is 5.54 Å². The molecule has 0 spiro atoms. The molecule has 7 nitrogen and oxygen atoms in total. The first-order chi connectivity index (χ1) is 14.7. The molecule has 1 aliphatic heterocycles. The fourth-order valence-corrected chi connectivity index (χ4v) is 3.89. The lowest BCUT2D eigenvalue weighted by Crippen LogP contribution is -2.29. The van der Waals surface area contributed by atoms with Crippen LogP contribution < -0.4 is 10.5 Å². The quantitative estimate of drug-likeness (QED) is 0.625. The van der Waals surface area contributed by atoms with Gasteiger partial charge in [-0.05, 0) is 56.8 Å². The van der Waals surface area contributed by atoms with E-state index in [4.69, 9.17) is 20.2 Å². The Balaban J connectivity index is 1.75. The predicted molar refractivity (Wildman–Crippen MR) is 118 cm³/mol. The number of pyridine rings is 3. The summed E-state index contributed by atoms with van der Waals surface area (Å²) in [5.41, 5.74) is 9.81. The molecule has 2 atom stereocenters. The summed E-state index contributed by atoms with van der Waals surface area (Å²) in [6.07, 6.45) is 3.91. The number of aromatic nitrogens is 3. The number of hydrogen-bond donors (Lipinski definition) is 1. The summed E-state index contributed by atoms with van der Waals surface area (Å²) in [6, 6.07) is 5.69. The molecule has 0 amide bonds. The maximum atomic E-state index is 12.2. The highest BCUT2D eigenvalue weighted by molar-refractivity contribution is 5.92. The Morgan fingerprint density at radius 3 is 2.61 bits per heavy atom. The van der Waals surface area contributed by atoms with Crippen LogP contribution in [-0.4, -0.2) is 33.6 Å². The van der Waals surface area contributed by atoms with Crippen LogP contribution in [0, 0.1) is 0 Å². The summed E-state index contributed by atoms with van der Waals surface area (Å²) in [6.45, 7) is 10.3. The number of carbonyl (C=O) groups is 1. The van der Waals surface area contributed by atoms with Crippen LogP contribution in [0.15, 0.2) is 30.6 Å². The van der Waals surface area contributed by atoms with Crippen LogP contribution in [0.25, 0.3) is 10.8 Å². The molecule has 0 fully saturated rings. The fourth-order valence-electron chi connectivity index (χ4n) is 3.89. The number of nitrogens with two attached hydrogens (primary N) is 1. The van der Waals surface area contributed by atoms with E-state index in [-0.39, 0.29) is 18.0 Å². The molecule has 0 saturated carbocycles. The largest absolute Gasteiger partial charge is 0.477 e. The number of carbonyl (C=O) groups excluding carboxylic acids is 1. The van der Waals surface area contributed by atoms with Gasteiger partial charge >= 0.3 is 5.97 Å². The lowest BCUT2D eigenvalue weighted by atomic mass is 9.92. The van der Waals surface area contributed by atoms with Gasteiger partial charge < -0.3 is 15.2 Å². The van der Waals surface area contributed by atoms with Gasteiger partial charge in [-0.3, -0.25) is 9.97 Å². The summed E-state index contributed by atoms with van der Waals surface area (Å²) in [7, 11) is 0. The molecule has 3 aromatic heterocycles. The topological polar surface area (TPSA) is 100 Å². The van der Waals surface area contributed by atoms with Crippen LogP contribution in [0.1, 0.15) is 73.5 Å². The van der Waals surface area contributed by atoms with Crippen molar-refractivity contribution in [1.29, 1.82) is 0 Å². The molecule has 1 aliphatic rings. The van der Waals surface area contributed by atoms with Gasteiger partial charge in [-0.2, -0.15) is 0 Å². The minimum atomic E-state index is -0.565. The molecule has 0 unspecified atom stereocenters. The summed E-state index contributed by atoms with van der Waals surface area (Å²) in [4.78, 5) is 26.0.